The standard InChI is InChI=1S/C10H9ClF3N/c11-9-5-1-4-8(10(12,13)14)7(9)3-2-6-15/h1-5H,6,15H2/b3-2+. The monoisotopic (exact) mass is 235 g/mol. The number of nitrogens with two attached hydrogens (primary N) is 1. The summed E-state index contributed by atoms with van der Waals surface area (Å²) >= 11 is 5.68. The fourth-order valence-corrected chi connectivity index (χ4v) is 1.38. The molecule has 5 heteroatoms. The van der Waals surface area contributed by atoms with Crippen molar-refractivity contribution < 1.29 is 13.2 Å². The van der Waals surface area contributed by atoms with Crippen LogP contribution in [0.4, 0.5) is 13.2 Å². The number of alkyl halides is 3. The van der Waals surface area contributed by atoms with Gasteiger partial charge in [0.1, 0.15) is 0 Å². The van der Waals surface area contributed by atoms with E-state index in [1.165, 1.54) is 24.3 Å². The summed E-state index contributed by atoms with van der Waals surface area (Å²) < 4.78 is 37.6. The molecule has 0 unspecified atom stereocenters. The highest BCUT2D eigenvalue weighted by atomic mass is 35.5. The van der Waals surface area contributed by atoms with Gasteiger partial charge in [-0.25, -0.2) is 0 Å². The van der Waals surface area contributed by atoms with Gasteiger partial charge in [-0.2, -0.15) is 13.2 Å². The summed E-state index contributed by atoms with van der Waals surface area (Å²) in [5.74, 6) is 0. The molecule has 0 spiro atoms. The second kappa shape index (κ2) is 4.68. The van der Waals surface area contributed by atoms with Gasteiger partial charge < -0.3 is 5.73 Å². The normalized spacial score (nSPS) is 12.3. The lowest BCUT2D eigenvalue weighted by Crippen LogP contribution is -2.07. The van der Waals surface area contributed by atoms with Gasteiger partial charge in [0.25, 0.3) is 0 Å². The summed E-state index contributed by atoms with van der Waals surface area (Å²) in [6.45, 7) is 0.169. The molecule has 0 aromatic heterocycles. The Kier molecular flexibility index (Phi) is 3.77. The quantitative estimate of drug-likeness (QED) is 0.836. The molecule has 0 saturated carbocycles. The first-order valence-corrected chi connectivity index (χ1v) is 4.57. The smallest absolute Gasteiger partial charge is 0.327 e. The predicted octanol–water partition coefficient (Wildman–Crippen LogP) is 3.33. The van der Waals surface area contributed by atoms with E-state index in [0.29, 0.717) is 0 Å². The van der Waals surface area contributed by atoms with E-state index in [9.17, 15) is 13.2 Å². The number of halogens is 4. The summed E-state index contributed by atoms with van der Waals surface area (Å²) in [6.07, 6.45) is -1.69. The molecule has 0 aliphatic heterocycles. The van der Waals surface area contributed by atoms with E-state index in [2.05, 4.69) is 0 Å². The van der Waals surface area contributed by atoms with Crippen LogP contribution in [-0.4, -0.2) is 6.54 Å². The Morgan fingerprint density at radius 2 is 2.00 bits per heavy atom. The molecule has 0 bridgehead atoms. The third kappa shape index (κ3) is 2.97. The van der Waals surface area contributed by atoms with E-state index in [1.807, 2.05) is 0 Å². The summed E-state index contributed by atoms with van der Waals surface area (Å²) in [6, 6.07) is 3.67. The van der Waals surface area contributed by atoms with Crippen LogP contribution >= 0.6 is 11.6 Å². The molecule has 0 aliphatic carbocycles. The highest BCUT2D eigenvalue weighted by Gasteiger charge is 2.33. The van der Waals surface area contributed by atoms with Crippen LogP contribution < -0.4 is 5.73 Å². The first-order valence-electron chi connectivity index (χ1n) is 4.19. The van der Waals surface area contributed by atoms with Crippen LogP contribution in [-0.2, 0) is 6.18 Å². The largest absolute Gasteiger partial charge is 0.417 e. The SMILES string of the molecule is NC/C=C/c1c(Cl)cccc1C(F)(F)F. The molecule has 0 fully saturated rings. The second-order valence-electron chi connectivity index (χ2n) is 2.84. The first-order chi connectivity index (χ1) is 6.96. The van der Waals surface area contributed by atoms with E-state index in [4.69, 9.17) is 17.3 Å². The predicted molar refractivity (Wildman–Crippen MR) is 54.5 cm³/mol. The molecule has 0 amide bonds. The van der Waals surface area contributed by atoms with Gasteiger partial charge in [0.15, 0.2) is 0 Å². The third-order valence-corrected chi connectivity index (χ3v) is 2.11. The third-order valence-electron chi connectivity index (χ3n) is 1.78. The number of rotatable bonds is 2. The summed E-state index contributed by atoms with van der Waals surface area (Å²) in [5, 5.41) is 0.0644. The van der Waals surface area contributed by atoms with Crippen LogP contribution in [0.1, 0.15) is 11.1 Å². The minimum Gasteiger partial charge on any atom is -0.327 e. The van der Waals surface area contributed by atoms with E-state index in [-0.39, 0.29) is 17.1 Å². The van der Waals surface area contributed by atoms with Crippen molar-refractivity contribution in [2.75, 3.05) is 6.54 Å². The Morgan fingerprint density at radius 1 is 1.33 bits per heavy atom. The maximum absolute atomic E-state index is 12.5. The average molecular weight is 236 g/mol. The Hall–Kier alpha value is -1.00. The molecule has 1 aromatic rings. The van der Waals surface area contributed by atoms with Crippen molar-refractivity contribution in [1.82, 2.24) is 0 Å². The van der Waals surface area contributed by atoms with Gasteiger partial charge >= 0.3 is 6.18 Å². The van der Waals surface area contributed by atoms with Crippen molar-refractivity contribution in [3.63, 3.8) is 0 Å². The highest BCUT2D eigenvalue weighted by molar-refractivity contribution is 6.32. The molecule has 0 saturated heterocycles. The Morgan fingerprint density at radius 3 is 2.53 bits per heavy atom. The number of benzene rings is 1. The Balaban J connectivity index is 3.27. The van der Waals surface area contributed by atoms with Gasteiger partial charge in [-0.05, 0) is 12.1 Å². The number of hydrogen-bond donors (Lipinski definition) is 1. The molecular formula is C10H9ClF3N. The second-order valence-corrected chi connectivity index (χ2v) is 3.24. The van der Waals surface area contributed by atoms with Crippen LogP contribution in [0.3, 0.4) is 0 Å². The molecular weight excluding hydrogens is 227 g/mol. The lowest BCUT2D eigenvalue weighted by molar-refractivity contribution is -0.137. The van der Waals surface area contributed by atoms with Gasteiger partial charge in [0.05, 0.1) is 5.56 Å². The van der Waals surface area contributed by atoms with Crippen LogP contribution in [0.15, 0.2) is 24.3 Å². The van der Waals surface area contributed by atoms with E-state index in [1.54, 1.807) is 0 Å². The van der Waals surface area contributed by atoms with Crippen LogP contribution in [0, 0.1) is 0 Å². The maximum Gasteiger partial charge on any atom is 0.417 e. The van der Waals surface area contributed by atoms with E-state index < -0.39 is 11.7 Å². The molecule has 1 aromatic carbocycles. The lowest BCUT2D eigenvalue weighted by Gasteiger charge is -2.11. The molecule has 0 radical (unpaired) electrons. The van der Waals surface area contributed by atoms with E-state index >= 15 is 0 Å². The lowest BCUT2D eigenvalue weighted by atomic mass is 10.1. The van der Waals surface area contributed by atoms with Crippen molar-refractivity contribution in [2.45, 2.75) is 6.18 Å². The van der Waals surface area contributed by atoms with Crippen molar-refractivity contribution in [2.24, 2.45) is 5.73 Å². The molecule has 0 heterocycles. The van der Waals surface area contributed by atoms with Crippen LogP contribution in [0.2, 0.25) is 5.02 Å². The van der Waals surface area contributed by atoms with E-state index in [0.717, 1.165) is 6.07 Å². The van der Waals surface area contributed by atoms with Gasteiger partial charge in [-0.3, -0.25) is 0 Å². The zero-order chi connectivity index (χ0) is 11.5. The first kappa shape index (κ1) is 12.1. The fourth-order valence-electron chi connectivity index (χ4n) is 1.14. The van der Waals surface area contributed by atoms with Crippen molar-refractivity contribution in [1.29, 1.82) is 0 Å². The van der Waals surface area contributed by atoms with Crippen molar-refractivity contribution in [3.05, 3.63) is 40.4 Å². The molecule has 0 aliphatic rings. The number of hydrogen-bond acceptors (Lipinski definition) is 1. The highest BCUT2D eigenvalue weighted by Crippen LogP contribution is 2.35. The topological polar surface area (TPSA) is 26.0 Å². The molecule has 15 heavy (non-hydrogen) atoms. The molecule has 0 atom stereocenters. The van der Waals surface area contributed by atoms with Crippen molar-refractivity contribution in [3.8, 4) is 0 Å². The average Bonchev–Trinajstić information content (AvgIpc) is 2.14. The zero-order valence-corrected chi connectivity index (χ0v) is 8.44. The van der Waals surface area contributed by atoms with Gasteiger partial charge in [0, 0.05) is 17.1 Å². The van der Waals surface area contributed by atoms with Crippen LogP contribution in [0.25, 0.3) is 6.08 Å². The maximum atomic E-state index is 12.5. The van der Waals surface area contributed by atoms with Gasteiger partial charge in [-0.15, -0.1) is 0 Å². The van der Waals surface area contributed by atoms with Gasteiger partial charge in [-0.1, -0.05) is 29.8 Å². The summed E-state index contributed by atoms with van der Waals surface area (Å²) in [5.41, 5.74) is 4.38. The Labute approximate surface area is 90.3 Å². The molecule has 82 valence electrons. The summed E-state index contributed by atoms with van der Waals surface area (Å²) in [4.78, 5) is 0. The molecule has 2 N–H and O–H groups in total. The summed E-state index contributed by atoms with van der Waals surface area (Å²) in [7, 11) is 0. The Bertz CT molecular complexity index is 371. The fraction of sp³-hybridized carbons (Fsp3) is 0.200. The van der Waals surface area contributed by atoms with Crippen molar-refractivity contribution >= 4 is 17.7 Å². The zero-order valence-electron chi connectivity index (χ0n) is 7.68. The van der Waals surface area contributed by atoms with Gasteiger partial charge in [0.2, 0.25) is 0 Å². The minimum atomic E-state index is -4.40. The molecule has 1 nitrogen and oxygen atoms in total. The minimum absolute atomic E-state index is 0.0443. The van der Waals surface area contributed by atoms with Crippen LogP contribution in [0.5, 0.6) is 0 Å². The molecule has 1 rings (SSSR count).